The van der Waals surface area contributed by atoms with Gasteiger partial charge in [-0.25, -0.2) is 4.63 Å². The summed E-state index contributed by atoms with van der Waals surface area (Å²) in [5, 5.41) is 7.50. The number of rotatable bonds is 5. The van der Waals surface area contributed by atoms with Crippen molar-refractivity contribution in [1.82, 2.24) is 25.2 Å². The van der Waals surface area contributed by atoms with Crippen molar-refractivity contribution in [2.75, 3.05) is 19.8 Å². The molecule has 3 rings (SSSR count). The van der Waals surface area contributed by atoms with Crippen LogP contribution in [0, 0.1) is 6.92 Å². The van der Waals surface area contributed by atoms with E-state index < -0.39 is 0 Å². The second-order valence-corrected chi connectivity index (χ2v) is 5.52. The van der Waals surface area contributed by atoms with E-state index in [9.17, 15) is 4.79 Å². The molecule has 0 radical (unpaired) electrons. The third-order valence-corrected chi connectivity index (χ3v) is 3.96. The van der Waals surface area contributed by atoms with Gasteiger partial charge in [0.05, 0.1) is 31.4 Å². The number of carbonyl (C=O) groups excluding carboxylic acids is 1. The second kappa shape index (κ2) is 7.28. The predicted molar refractivity (Wildman–Crippen MR) is 79.4 cm³/mol. The van der Waals surface area contributed by atoms with E-state index in [4.69, 9.17) is 4.74 Å². The molecule has 2 aromatic heterocycles. The van der Waals surface area contributed by atoms with E-state index in [1.54, 1.807) is 25.5 Å². The molecule has 0 N–H and O–H groups in total. The van der Waals surface area contributed by atoms with Crippen molar-refractivity contribution in [1.29, 1.82) is 0 Å². The summed E-state index contributed by atoms with van der Waals surface area (Å²) in [7, 11) is 0. The Labute approximate surface area is 133 Å². The Kier molecular flexibility index (Phi) is 4.92. The smallest absolute Gasteiger partial charge is 0.229 e. The van der Waals surface area contributed by atoms with Crippen molar-refractivity contribution in [2.24, 2.45) is 0 Å². The van der Waals surface area contributed by atoms with Gasteiger partial charge < -0.3 is 9.64 Å². The Bertz CT molecular complexity index is 646. The van der Waals surface area contributed by atoms with Crippen molar-refractivity contribution in [3.8, 4) is 0 Å². The summed E-state index contributed by atoms with van der Waals surface area (Å²) in [6, 6.07) is 0.0402. The van der Waals surface area contributed by atoms with Crippen LogP contribution in [0.5, 0.6) is 0 Å². The van der Waals surface area contributed by atoms with E-state index in [1.165, 1.54) is 0 Å². The zero-order valence-electron chi connectivity index (χ0n) is 13.0. The molecule has 0 aromatic carbocycles. The highest BCUT2D eigenvalue weighted by molar-refractivity contribution is 5.79. The molecule has 2 aromatic rings. The molecule has 3 heterocycles. The van der Waals surface area contributed by atoms with E-state index in [0.717, 1.165) is 18.5 Å². The largest absolute Gasteiger partial charge is 0.377 e. The maximum absolute atomic E-state index is 12.6. The van der Waals surface area contributed by atoms with Gasteiger partial charge in [-0.1, -0.05) is 10.3 Å². The van der Waals surface area contributed by atoms with Gasteiger partial charge in [-0.3, -0.25) is 14.8 Å². The standard InChI is InChI=1S/C15H19N5O3/c1-11-14(19-23-18-11)8-15(21)20-6-7-22-10-13(20)3-2-12-9-16-4-5-17-12/h4-5,9,13H,2-3,6-8,10H2,1H3/t13-/m0/s1. The van der Waals surface area contributed by atoms with E-state index in [-0.39, 0.29) is 18.4 Å². The fraction of sp³-hybridized carbons (Fsp3) is 0.533. The van der Waals surface area contributed by atoms with Gasteiger partial charge >= 0.3 is 0 Å². The van der Waals surface area contributed by atoms with Crippen LogP contribution in [-0.2, 0) is 22.4 Å². The van der Waals surface area contributed by atoms with Gasteiger partial charge in [-0.2, -0.15) is 0 Å². The minimum absolute atomic E-state index is 0.0243. The lowest BCUT2D eigenvalue weighted by Crippen LogP contribution is -2.49. The summed E-state index contributed by atoms with van der Waals surface area (Å²) in [6.07, 6.45) is 6.83. The molecule has 1 fully saturated rings. The zero-order valence-corrected chi connectivity index (χ0v) is 13.0. The van der Waals surface area contributed by atoms with Crippen LogP contribution in [0.4, 0.5) is 0 Å². The number of carbonyl (C=O) groups is 1. The molecule has 0 aliphatic carbocycles. The summed E-state index contributed by atoms with van der Waals surface area (Å²) < 4.78 is 10.2. The first-order chi connectivity index (χ1) is 11.2. The van der Waals surface area contributed by atoms with Gasteiger partial charge in [0.25, 0.3) is 0 Å². The summed E-state index contributed by atoms with van der Waals surface area (Å²) in [5.41, 5.74) is 2.17. The normalized spacial score (nSPS) is 18.1. The van der Waals surface area contributed by atoms with Crippen LogP contribution >= 0.6 is 0 Å². The van der Waals surface area contributed by atoms with Crippen molar-refractivity contribution >= 4 is 5.91 Å². The molecule has 0 bridgehead atoms. The number of hydrogen-bond acceptors (Lipinski definition) is 7. The number of nitrogens with zero attached hydrogens (tertiary/aromatic N) is 5. The lowest BCUT2D eigenvalue weighted by molar-refractivity contribution is -0.139. The van der Waals surface area contributed by atoms with Gasteiger partial charge in [-0.15, -0.1) is 0 Å². The summed E-state index contributed by atoms with van der Waals surface area (Å²) in [4.78, 5) is 22.8. The predicted octanol–water partition coefficient (Wildman–Crippen LogP) is 0.571. The maximum atomic E-state index is 12.6. The second-order valence-electron chi connectivity index (χ2n) is 5.52. The zero-order chi connectivity index (χ0) is 16.1. The quantitative estimate of drug-likeness (QED) is 0.795. The minimum atomic E-state index is 0.0243. The molecule has 1 saturated heterocycles. The third kappa shape index (κ3) is 3.89. The summed E-state index contributed by atoms with van der Waals surface area (Å²) in [6.45, 7) is 3.48. The highest BCUT2D eigenvalue weighted by Gasteiger charge is 2.28. The Morgan fingerprint density at radius 2 is 2.30 bits per heavy atom. The average molecular weight is 317 g/mol. The molecule has 8 nitrogen and oxygen atoms in total. The Morgan fingerprint density at radius 3 is 3.04 bits per heavy atom. The molecule has 23 heavy (non-hydrogen) atoms. The maximum Gasteiger partial charge on any atom is 0.229 e. The molecule has 122 valence electrons. The molecule has 8 heteroatoms. The molecule has 1 atom stereocenters. The van der Waals surface area contributed by atoms with E-state index >= 15 is 0 Å². The topological polar surface area (TPSA) is 94.2 Å². The van der Waals surface area contributed by atoms with Crippen LogP contribution in [0.3, 0.4) is 0 Å². The summed E-state index contributed by atoms with van der Waals surface area (Å²) >= 11 is 0. The number of ether oxygens (including phenoxy) is 1. The molecule has 0 spiro atoms. The molecule has 0 unspecified atom stereocenters. The SMILES string of the molecule is Cc1nonc1CC(=O)N1CCOC[C@@H]1CCc1cnccn1. The van der Waals surface area contributed by atoms with Crippen LogP contribution in [0.1, 0.15) is 23.5 Å². The fourth-order valence-corrected chi connectivity index (χ4v) is 2.65. The van der Waals surface area contributed by atoms with Crippen LogP contribution < -0.4 is 0 Å². The van der Waals surface area contributed by atoms with Crippen molar-refractivity contribution < 1.29 is 14.2 Å². The van der Waals surface area contributed by atoms with E-state index in [2.05, 4.69) is 24.9 Å². The van der Waals surface area contributed by atoms with Gasteiger partial charge in [0, 0.05) is 25.1 Å². The van der Waals surface area contributed by atoms with Gasteiger partial charge in [-0.05, 0) is 19.8 Å². The lowest BCUT2D eigenvalue weighted by atomic mass is 10.1. The number of aromatic nitrogens is 4. The number of hydrogen-bond donors (Lipinski definition) is 0. The van der Waals surface area contributed by atoms with Crippen LogP contribution in [0.25, 0.3) is 0 Å². The average Bonchev–Trinajstić information content (AvgIpc) is 2.99. The van der Waals surface area contributed by atoms with Gasteiger partial charge in [0.1, 0.15) is 11.4 Å². The first-order valence-corrected chi connectivity index (χ1v) is 7.64. The highest BCUT2D eigenvalue weighted by Crippen LogP contribution is 2.15. The molecule has 1 amide bonds. The van der Waals surface area contributed by atoms with Crippen molar-refractivity contribution in [3.63, 3.8) is 0 Å². The van der Waals surface area contributed by atoms with Crippen LogP contribution in [-0.4, -0.2) is 56.9 Å². The molecule has 0 saturated carbocycles. The van der Waals surface area contributed by atoms with E-state index in [0.29, 0.717) is 31.1 Å². The number of aryl methyl sites for hydroxylation is 2. The lowest BCUT2D eigenvalue weighted by Gasteiger charge is -2.35. The Morgan fingerprint density at radius 1 is 1.39 bits per heavy atom. The first-order valence-electron chi connectivity index (χ1n) is 7.64. The first kappa shape index (κ1) is 15.5. The van der Waals surface area contributed by atoms with Gasteiger partial charge in [0.2, 0.25) is 5.91 Å². The van der Waals surface area contributed by atoms with Crippen LogP contribution in [0.2, 0.25) is 0 Å². The van der Waals surface area contributed by atoms with Gasteiger partial charge in [0.15, 0.2) is 0 Å². The fourth-order valence-electron chi connectivity index (χ4n) is 2.65. The number of amides is 1. The Balaban J connectivity index is 1.61. The molecular weight excluding hydrogens is 298 g/mol. The summed E-state index contributed by atoms with van der Waals surface area (Å²) in [5.74, 6) is 0.0243. The third-order valence-electron chi connectivity index (χ3n) is 3.96. The minimum Gasteiger partial charge on any atom is -0.377 e. The molecule has 1 aliphatic rings. The molecule has 1 aliphatic heterocycles. The van der Waals surface area contributed by atoms with Crippen LogP contribution in [0.15, 0.2) is 23.2 Å². The molecular formula is C15H19N5O3. The van der Waals surface area contributed by atoms with Crippen molar-refractivity contribution in [3.05, 3.63) is 35.7 Å². The monoisotopic (exact) mass is 317 g/mol. The highest BCUT2D eigenvalue weighted by atomic mass is 16.6. The van der Waals surface area contributed by atoms with E-state index in [1.807, 2.05) is 4.90 Å². The van der Waals surface area contributed by atoms with Crippen molar-refractivity contribution in [2.45, 2.75) is 32.2 Å². The Hall–Kier alpha value is -2.35. The number of morpholine rings is 1.